The molecule has 0 unspecified atom stereocenters. The number of rotatable bonds is 7. The minimum Gasteiger partial charge on any atom is -0.392 e. The maximum absolute atomic E-state index is 8.76. The lowest BCUT2D eigenvalue weighted by Crippen LogP contribution is -2.06. The standard InChI is InChI=1S/C15H25BrO/c1-13(7-5-8-14(2)16)9-11-15(3,4)10-6-12-17/h6,8-10,17H,5,7,11-12H2,1-4H3/b10-6+,13-9+,14-8+. The summed E-state index contributed by atoms with van der Waals surface area (Å²) in [5.41, 5.74) is 1.56. The maximum Gasteiger partial charge on any atom is 0.0612 e. The van der Waals surface area contributed by atoms with E-state index in [-0.39, 0.29) is 12.0 Å². The molecule has 0 aromatic carbocycles. The fraction of sp³-hybridized carbons (Fsp3) is 0.600. The van der Waals surface area contributed by atoms with Gasteiger partial charge in [-0.05, 0) is 43.0 Å². The lowest BCUT2D eigenvalue weighted by atomic mass is 9.88. The van der Waals surface area contributed by atoms with E-state index in [1.807, 2.05) is 6.08 Å². The number of halogens is 1. The molecule has 17 heavy (non-hydrogen) atoms. The van der Waals surface area contributed by atoms with Crippen LogP contribution < -0.4 is 0 Å². The normalized spacial score (nSPS) is 14.7. The van der Waals surface area contributed by atoms with Crippen LogP contribution in [0, 0.1) is 5.41 Å². The second kappa shape index (κ2) is 8.71. The van der Waals surface area contributed by atoms with Crippen molar-refractivity contribution < 1.29 is 5.11 Å². The molecule has 0 spiro atoms. The lowest BCUT2D eigenvalue weighted by Gasteiger charge is -2.18. The molecule has 0 amide bonds. The Morgan fingerprint density at radius 1 is 1.24 bits per heavy atom. The summed E-state index contributed by atoms with van der Waals surface area (Å²) in [5, 5.41) is 8.76. The van der Waals surface area contributed by atoms with Crippen molar-refractivity contribution >= 4 is 15.9 Å². The number of aliphatic hydroxyl groups excluding tert-OH is 1. The molecule has 0 saturated heterocycles. The molecule has 1 N–H and O–H groups in total. The summed E-state index contributed by atoms with van der Waals surface area (Å²) >= 11 is 3.43. The molecule has 0 saturated carbocycles. The predicted octanol–water partition coefficient (Wildman–Crippen LogP) is 4.98. The first-order chi connectivity index (χ1) is 7.87. The summed E-state index contributed by atoms with van der Waals surface area (Å²) in [5.74, 6) is 0. The highest BCUT2D eigenvalue weighted by Gasteiger charge is 2.11. The average molecular weight is 301 g/mol. The van der Waals surface area contributed by atoms with Crippen LogP contribution in [0.2, 0.25) is 0 Å². The van der Waals surface area contributed by atoms with Crippen molar-refractivity contribution in [2.24, 2.45) is 5.41 Å². The highest BCUT2D eigenvalue weighted by molar-refractivity contribution is 9.11. The molecule has 98 valence electrons. The van der Waals surface area contributed by atoms with E-state index in [9.17, 15) is 0 Å². The second-order valence-electron chi connectivity index (χ2n) is 5.16. The first-order valence-corrected chi connectivity index (χ1v) is 6.93. The van der Waals surface area contributed by atoms with Gasteiger partial charge in [-0.1, -0.05) is 59.7 Å². The smallest absolute Gasteiger partial charge is 0.0612 e. The van der Waals surface area contributed by atoms with Gasteiger partial charge in [-0.15, -0.1) is 0 Å². The zero-order valence-electron chi connectivity index (χ0n) is 11.5. The Labute approximate surface area is 114 Å². The van der Waals surface area contributed by atoms with Gasteiger partial charge in [-0.3, -0.25) is 0 Å². The first-order valence-electron chi connectivity index (χ1n) is 6.14. The van der Waals surface area contributed by atoms with Crippen molar-refractivity contribution in [2.45, 2.75) is 47.0 Å². The van der Waals surface area contributed by atoms with E-state index in [1.165, 1.54) is 10.1 Å². The van der Waals surface area contributed by atoms with Crippen molar-refractivity contribution in [3.63, 3.8) is 0 Å². The van der Waals surface area contributed by atoms with Crippen LogP contribution in [0.1, 0.15) is 47.0 Å². The van der Waals surface area contributed by atoms with E-state index in [0.717, 1.165) is 19.3 Å². The van der Waals surface area contributed by atoms with Gasteiger partial charge in [-0.2, -0.15) is 0 Å². The molecular formula is C15H25BrO. The van der Waals surface area contributed by atoms with E-state index in [2.05, 4.69) is 61.9 Å². The van der Waals surface area contributed by atoms with Crippen LogP contribution in [0.5, 0.6) is 0 Å². The molecule has 0 atom stereocenters. The largest absolute Gasteiger partial charge is 0.392 e. The monoisotopic (exact) mass is 300 g/mol. The Morgan fingerprint density at radius 2 is 1.88 bits per heavy atom. The van der Waals surface area contributed by atoms with E-state index in [0.29, 0.717) is 0 Å². The van der Waals surface area contributed by atoms with E-state index in [4.69, 9.17) is 5.11 Å². The molecule has 0 aliphatic rings. The lowest BCUT2D eigenvalue weighted by molar-refractivity contribution is 0.339. The molecule has 0 fully saturated rings. The fourth-order valence-corrected chi connectivity index (χ4v) is 1.71. The van der Waals surface area contributed by atoms with Crippen LogP contribution in [0.4, 0.5) is 0 Å². The average Bonchev–Trinajstić information content (AvgIpc) is 2.23. The topological polar surface area (TPSA) is 20.2 Å². The van der Waals surface area contributed by atoms with Crippen molar-refractivity contribution in [3.8, 4) is 0 Å². The summed E-state index contributed by atoms with van der Waals surface area (Å²) < 4.78 is 1.21. The molecule has 0 aliphatic heterocycles. The predicted molar refractivity (Wildman–Crippen MR) is 80.3 cm³/mol. The van der Waals surface area contributed by atoms with Gasteiger partial charge < -0.3 is 5.11 Å². The molecule has 0 aromatic rings. The van der Waals surface area contributed by atoms with Gasteiger partial charge >= 0.3 is 0 Å². The molecule has 0 rings (SSSR count). The number of hydrogen-bond donors (Lipinski definition) is 1. The summed E-state index contributed by atoms with van der Waals surface area (Å²) in [6, 6.07) is 0. The van der Waals surface area contributed by atoms with Crippen LogP contribution in [0.25, 0.3) is 0 Å². The molecule has 2 heteroatoms. The van der Waals surface area contributed by atoms with Gasteiger partial charge in [-0.25, -0.2) is 0 Å². The van der Waals surface area contributed by atoms with E-state index < -0.39 is 0 Å². The SMILES string of the molecule is C/C(Br)=C\CC/C(C)=C/CC(C)(C)/C=C/CO. The van der Waals surface area contributed by atoms with E-state index >= 15 is 0 Å². The molecular weight excluding hydrogens is 276 g/mol. The van der Waals surface area contributed by atoms with Crippen molar-refractivity contribution in [1.82, 2.24) is 0 Å². The third-order valence-electron chi connectivity index (χ3n) is 2.62. The Bertz CT molecular complexity index is 294. The highest BCUT2D eigenvalue weighted by Crippen LogP contribution is 2.24. The Balaban J connectivity index is 4.13. The quantitative estimate of drug-likeness (QED) is 0.658. The Hall–Kier alpha value is -0.340. The van der Waals surface area contributed by atoms with Gasteiger partial charge in [0.15, 0.2) is 0 Å². The molecule has 0 heterocycles. The van der Waals surface area contributed by atoms with Crippen LogP contribution in [0.3, 0.4) is 0 Å². The minimum atomic E-state index is 0.126. The summed E-state index contributed by atoms with van der Waals surface area (Å²) in [4.78, 5) is 0. The number of aliphatic hydroxyl groups is 1. The van der Waals surface area contributed by atoms with Gasteiger partial charge in [0.25, 0.3) is 0 Å². The second-order valence-corrected chi connectivity index (χ2v) is 6.41. The number of allylic oxidation sites excluding steroid dienone is 5. The molecule has 0 aliphatic carbocycles. The van der Waals surface area contributed by atoms with Crippen LogP contribution in [0.15, 0.2) is 34.4 Å². The first kappa shape index (κ1) is 16.7. The summed E-state index contributed by atoms with van der Waals surface area (Å²) in [7, 11) is 0. The van der Waals surface area contributed by atoms with Gasteiger partial charge in [0.2, 0.25) is 0 Å². The van der Waals surface area contributed by atoms with Gasteiger partial charge in [0.05, 0.1) is 6.61 Å². The highest BCUT2D eigenvalue weighted by atomic mass is 79.9. The summed E-state index contributed by atoms with van der Waals surface area (Å²) in [6.45, 7) is 8.74. The maximum atomic E-state index is 8.76. The van der Waals surface area contributed by atoms with Crippen molar-refractivity contribution in [3.05, 3.63) is 34.4 Å². The molecule has 0 bridgehead atoms. The van der Waals surface area contributed by atoms with Crippen LogP contribution in [-0.2, 0) is 0 Å². The zero-order valence-corrected chi connectivity index (χ0v) is 13.0. The van der Waals surface area contributed by atoms with E-state index in [1.54, 1.807) is 0 Å². The fourth-order valence-electron chi connectivity index (χ4n) is 1.48. The third-order valence-corrected chi connectivity index (χ3v) is 2.94. The Morgan fingerprint density at radius 3 is 2.41 bits per heavy atom. The van der Waals surface area contributed by atoms with Gasteiger partial charge in [0, 0.05) is 0 Å². The number of hydrogen-bond acceptors (Lipinski definition) is 1. The van der Waals surface area contributed by atoms with Crippen molar-refractivity contribution in [1.29, 1.82) is 0 Å². The summed E-state index contributed by atoms with van der Waals surface area (Å²) in [6.07, 6.45) is 11.6. The van der Waals surface area contributed by atoms with Gasteiger partial charge in [0.1, 0.15) is 0 Å². The molecule has 0 radical (unpaired) electrons. The van der Waals surface area contributed by atoms with Crippen LogP contribution >= 0.6 is 15.9 Å². The minimum absolute atomic E-state index is 0.126. The molecule has 1 nitrogen and oxygen atoms in total. The zero-order chi connectivity index (χ0) is 13.3. The van der Waals surface area contributed by atoms with Crippen molar-refractivity contribution in [2.75, 3.05) is 6.61 Å². The third kappa shape index (κ3) is 10.5. The molecule has 0 aromatic heterocycles. The van der Waals surface area contributed by atoms with Crippen LogP contribution in [-0.4, -0.2) is 11.7 Å². The Kier molecular flexibility index (Phi) is 8.53.